The maximum Gasteiger partial charge on any atom is 0.248 e. The fourth-order valence-corrected chi connectivity index (χ4v) is 3.29. The standard InChI is InChI=1S/C20H18FN5O2/c1-11-16(18(22)27)17(12-3-7-14(21)8-4-12)26-20(23-11)24-19(25-26)13-5-9-15(28-2)10-6-13/h3-10,17H,1-2H3,(H2,22,27)(H,23,24,25)/t17-/m0/s1. The van der Waals surface area contributed by atoms with Gasteiger partial charge < -0.3 is 15.8 Å². The summed E-state index contributed by atoms with van der Waals surface area (Å²) in [6, 6.07) is 12.6. The van der Waals surface area contributed by atoms with Crippen molar-refractivity contribution in [2.45, 2.75) is 13.0 Å². The minimum atomic E-state index is -0.603. The van der Waals surface area contributed by atoms with Crippen molar-refractivity contribution >= 4 is 11.9 Å². The van der Waals surface area contributed by atoms with Crippen LogP contribution >= 0.6 is 0 Å². The zero-order valence-electron chi connectivity index (χ0n) is 15.3. The van der Waals surface area contributed by atoms with Crippen molar-refractivity contribution < 1.29 is 13.9 Å². The molecule has 0 unspecified atom stereocenters. The molecule has 0 aliphatic carbocycles. The lowest BCUT2D eigenvalue weighted by Gasteiger charge is -2.27. The molecule has 0 saturated carbocycles. The number of methoxy groups -OCH3 is 1. The van der Waals surface area contributed by atoms with Crippen LogP contribution in [0.15, 0.2) is 59.8 Å². The number of fused-ring (bicyclic) bond motifs is 1. The minimum Gasteiger partial charge on any atom is -0.497 e. The van der Waals surface area contributed by atoms with Crippen molar-refractivity contribution in [3.05, 3.63) is 71.2 Å². The number of rotatable bonds is 4. The SMILES string of the molecule is COc1ccc(-c2nc3n(n2)[C@@H](c2ccc(F)cc2)C(C(N)=O)=C(C)N3)cc1. The van der Waals surface area contributed by atoms with Crippen molar-refractivity contribution in [2.75, 3.05) is 12.4 Å². The van der Waals surface area contributed by atoms with Gasteiger partial charge in [-0.05, 0) is 48.9 Å². The molecule has 1 atom stereocenters. The van der Waals surface area contributed by atoms with Gasteiger partial charge in [0.2, 0.25) is 11.9 Å². The molecule has 1 aliphatic heterocycles. The number of allylic oxidation sites excluding steroid dienone is 1. The van der Waals surface area contributed by atoms with Gasteiger partial charge in [0.1, 0.15) is 17.6 Å². The average molecular weight is 379 g/mol. The van der Waals surface area contributed by atoms with Crippen LogP contribution in [0.25, 0.3) is 11.4 Å². The molecule has 0 bridgehead atoms. The number of ether oxygens (including phenoxy) is 1. The van der Waals surface area contributed by atoms with Gasteiger partial charge in [-0.3, -0.25) is 4.79 Å². The molecule has 3 aromatic rings. The molecule has 28 heavy (non-hydrogen) atoms. The molecule has 1 aromatic heterocycles. The molecule has 4 rings (SSSR count). The Hall–Kier alpha value is -3.68. The van der Waals surface area contributed by atoms with Gasteiger partial charge in [0.25, 0.3) is 0 Å². The van der Waals surface area contributed by atoms with E-state index in [0.717, 1.165) is 11.3 Å². The van der Waals surface area contributed by atoms with E-state index in [9.17, 15) is 9.18 Å². The Kier molecular flexibility index (Phi) is 4.31. The van der Waals surface area contributed by atoms with Crippen LogP contribution in [-0.2, 0) is 4.79 Å². The lowest BCUT2D eigenvalue weighted by atomic mass is 9.95. The first-order valence-corrected chi connectivity index (χ1v) is 8.62. The van der Waals surface area contributed by atoms with Gasteiger partial charge >= 0.3 is 0 Å². The molecule has 3 N–H and O–H groups in total. The number of carbonyl (C=O) groups is 1. The van der Waals surface area contributed by atoms with Crippen molar-refractivity contribution in [3.63, 3.8) is 0 Å². The topological polar surface area (TPSA) is 95.1 Å². The molecule has 0 spiro atoms. The maximum absolute atomic E-state index is 13.4. The molecular weight excluding hydrogens is 361 g/mol. The predicted octanol–water partition coefficient (Wildman–Crippen LogP) is 2.87. The number of nitrogens with two attached hydrogens (primary N) is 1. The van der Waals surface area contributed by atoms with Gasteiger partial charge in [-0.2, -0.15) is 4.98 Å². The first kappa shape index (κ1) is 17.7. The molecular formula is C20H18FN5O2. The predicted molar refractivity (Wildman–Crippen MR) is 102 cm³/mol. The number of nitrogens with one attached hydrogen (secondary N) is 1. The molecule has 0 fully saturated rings. The summed E-state index contributed by atoms with van der Waals surface area (Å²) in [6.07, 6.45) is 0. The summed E-state index contributed by atoms with van der Waals surface area (Å²) in [4.78, 5) is 16.7. The van der Waals surface area contributed by atoms with Gasteiger partial charge in [-0.1, -0.05) is 12.1 Å². The highest BCUT2D eigenvalue weighted by Gasteiger charge is 2.33. The van der Waals surface area contributed by atoms with E-state index in [1.54, 1.807) is 30.8 Å². The number of hydrogen-bond acceptors (Lipinski definition) is 5. The number of anilines is 1. The van der Waals surface area contributed by atoms with Crippen LogP contribution in [0.4, 0.5) is 10.3 Å². The maximum atomic E-state index is 13.4. The summed E-state index contributed by atoms with van der Waals surface area (Å²) in [6.45, 7) is 1.75. The number of carbonyl (C=O) groups excluding carboxylic acids is 1. The zero-order chi connectivity index (χ0) is 19.8. The van der Waals surface area contributed by atoms with Gasteiger partial charge in [-0.25, -0.2) is 9.07 Å². The van der Waals surface area contributed by atoms with E-state index in [-0.39, 0.29) is 5.82 Å². The van der Waals surface area contributed by atoms with E-state index >= 15 is 0 Å². The molecule has 1 amide bonds. The number of nitrogens with zero attached hydrogens (tertiary/aromatic N) is 3. The Balaban J connectivity index is 1.83. The van der Waals surface area contributed by atoms with Crippen LogP contribution in [0.2, 0.25) is 0 Å². The smallest absolute Gasteiger partial charge is 0.248 e. The number of amides is 1. The molecule has 142 valence electrons. The van der Waals surface area contributed by atoms with E-state index in [0.29, 0.717) is 28.6 Å². The van der Waals surface area contributed by atoms with E-state index < -0.39 is 11.9 Å². The Morgan fingerprint density at radius 3 is 2.46 bits per heavy atom. The van der Waals surface area contributed by atoms with Gasteiger partial charge in [0, 0.05) is 11.3 Å². The molecule has 7 nitrogen and oxygen atoms in total. The summed E-state index contributed by atoms with van der Waals surface area (Å²) >= 11 is 0. The lowest BCUT2D eigenvalue weighted by molar-refractivity contribution is -0.115. The molecule has 0 radical (unpaired) electrons. The molecule has 8 heteroatoms. The van der Waals surface area contributed by atoms with Crippen molar-refractivity contribution in [1.82, 2.24) is 14.8 Å². The molecule has 1 aliphatic rings. The Bertz CT molecular complexity index is 1070. The van der Waals surface area contributed by atoms with Crippen LogP contribution in [-0.4, -0.2) is 27.8 Å². The summed E-state index contributed by atoms with van der Waals surface area (Å²) in [5.74, 6) is 0.741. The van der Waals surface area contributed by atoms with E-state index in [1.807, 2.05) is 24.3 Å². The van der Waals surface area contributed by atoms with Crippen molar-refractivity contribution in [1.29, 1.82) is 0 Å². The van der Waals surface area contributed by atoms with E-state index in [4.69, 9.17) is 10.5 Å². The van der Waals surface area contributed by atoms with Crippen LogP contribution < -0.4 is 15.8 Å². The fourth-order valence-electron chi connectivity index (χ4n) is 3.29. The highest BCUT2D eigenvalue weighted by Crippen LogP contribution is 2.36. The highest BCUT2D eigenvalue weighted by molar-refractivity contribution is 5.95. The number of primary amides is 1. The first-order valence-electron chi connectivity index (χ1n) is 8.62. The Labute approximate surface area is 160 Å². The molecule has 2 heterocycles. The molecule has 2 aromatic carbocycles. The third-order valence-electron chi connectivity index (χ3n) is 4.65. The summed E-state index contributed by atoms with van der Waals surface area (Å²) < 4.78 is 20.2. The lowest BCUT2D eigenvalue weighted by Crippen LogP contribution is -2.31. The second-order valence-corrected chi connectivity index (χ2v) is 6.41. The van der Waals surface area contributed by atoms with Gasteiger partial charge in [-0.15, -0.1) is 5.10 Å². The van der Waals surface area contributed by atoms with Crippen LogP contribution in [0.5, 0.6) is 5.75 Å². The Morgan fingerprint density at radius 1 is 1.18 bits per heavy atom. The van der Waals surface area contributed by atoms with Crippen LogP contribution in [0, 0.1) is 5.82 Å². The van der Waals surface area contributed by atoms with Crippen LogP contribution in [0.1, 0.15) is 18.5 Å². The quantitative estimate of drug-likeness (QED) is 0.727. The highest BCUT2D eigenvalue weighted by atomic mass is 19.1. The summed E-state index contributed by atoms with van der Waals surface area (Å²) in [5.41, 5.74) is 8.05. The van der Waals surface area contributed by atoms with Gasteiger partial charge in [0.05, 0.1) is 12.7 Å². The third-order valence-corrected chi connectivity index (χ3v) is 4.65. The first-order chi connectivity index (χ1) is 13.5. The van der Waals surface area contributed by atoms with Crippen LogP contribution in [0.3, 0.4) is 0 Å². The number of aromatic nitrogens is 3. The number of benzene rings is 2. The summed E-state index contributed by atoms with van der Waals surface area (Å²) in [7, 11) is 1.60. The fraction of sp³-hybridized carbons (Fsp3) is 0.150. The van der Waals surface area contributed by atoms with E-state index in [2.05, 4.69) is 15.4 Å². The molecule has 0 saturated heterocycles. The average Bonchev–Trinajstić information content (AvgIpc) is 3.11. The zero-order valence-corrected chi connectivity index (χ0v) is 15.3. The third kappa shape index (κ3) is 2.98. The monoisotopic (exact) mass is 379 g/mol. The number of halogens is 1. The number of hydrogen-bond donors (Lipinski definition) is 2. The van der Waals surface area contributed by atoms with Gasteiger partial charge in [0.15, 0.2) is 5.82 Å². The minimum absolute atomic E-state index is 0.352. The summed E-state index contributed by atoms with van der Waals surface area (Å²) in [5, 5.41) is 7.67. The van der Waals surface area contributed by atoms with E-state index in [1.165, 1.54) is 12.1 Å². The largest absolute Gasteiger partial charge is 0.497 e. The second kappa shape index (κ2) is 6.80. The van der Waals surface area contributed by atoms with Crippen molar-refractivity contribution in [2.24, 2.45) is 5.73 Å². The normalized spacial score (nSPS) is 15.8. The Morgan fingerprint density at radius 2 is 1.86 bits per heavy atom. The second-order valence-electron chi connectivity index (χ2n) is 6.41. The van der Waals surface area contributed by atoms with Crippen molar-refractivity contribution in [3.8, 4) is 17.1 Å².